The van der Waals surface area contributed by atoms with Gasteiger partial charge in [-0.25, -0.2) is 0 Å². The highest BCUT2D eigenvalue weighted by Crippen LogP contribution is 2.17. The van der Waals surface area contributed by atoms with Gasteiger partial charge in [0, 0.05) is 6.42 Å². The average molecular weight is 818 g/mol. The molecule has 0 spiro atoms. The van der Waals surface area contributed by atoms with E-state index in [2.05, 4.69) is 50.4 Å². The van der Waals surface area contributed by atoms with E-state index in [-0.39, 0.29) is 24.9 Å². The van der Waals surface area contributed by atoms with E-state index in [9.17, 15) is 19.8 Å². The van der Waals surface area contributed by atoms with E-state index in [1.165, 1.54) is 167 Å². The molecule has 3 N–H and O–H groups in total. The highest BCUT2D eigenvalue weighted by atomic mass is 16.5. The number of nitrogens with one attached hydrogen (secondary N) is 1. The number of rotatable bonds is 46. The number of aliphatic hydroxyl groups is 2. The summed E-state index contributed by atoms with van der Waals surface area (Å²) in [7, 11) is 0. The number of esters is 1. The summed E-state index contributed by atoms with van der Waals surface area (Å²) < 4.78 is 5.88. The first-order valence-electron chi connectivity index (χ1n) is 25.6. The second-order valence-corrected chi connectivity index (χ2v) is 17.6. The first-order valence-corrected chi connectivity index (χ1v) is 25.6. The number of allylic oxidation sites excluding steroid dienone is 4. The van der Waals surface area contributed by atoms with Gasteiger partial charge in [0.2, 0.25) is 5.91 Å². The van der Waals surface area contributed by atoms with Crippen molar-refractivity contribution in [2.45, 2.75) is 289 Å². The van der Waals surface area contributed by atoms with Crippen LogP contribution in [-0.4, -0.2) is 46.9 Å². The van der Waals surface area contributed by atoms with Crippen molar-refractivity contribution in [1.82, 2.24) is 5.32 Å². The summed E-state index contributed by atoms with van der Waals surface area (Å²) in [5, 5.41) is 23.7. The van der Waals surface area contributed by atoms with Gasteiger partial charge in [-0.1, -0.05) is 238 Å². The monoisotopic (exact) mass is 818 g/mol. The van der Waals surface area contributed by atoms with Crippen LogP contribution in [0.1, 0.15) is 271 Å². The molecule has 3 unspecified atom stereocenters. The van der Waals surface area contributed by atoms with Crippen LogP contribution in [0, 0.1) is 0 Å². The van der Waals surface area contributed by atoms with Crippen molar-refractivity contribution in [2.75, 3.05) is 6.61 Å². The summed E-state index contributed by atoms with van der Waals surface area (Å²) in [6, 6.07) is -0.710. The molecule has 0 fully saturated rings. The third-order valence-corrected chi connectivity index (χ3v) is 11.8. The van der Waals surface area contributed by atoms with Crippen molar-refractivity contribution in [2.24, 2.45) is 0 Å². The zero-order chi connectivity index (χ0) is 42.4. The number of carbonyl (C=O) groups is 2. The lowest BCUT2D eigenvalue weighted by molar-refractivity contribution is -0.151. The summed E-state index contributed by atoms with van der Waals surface area (Å²) in [4.78, 5) is 26.0. The van der Waals surface area contributed by atoms with Gasteiger partial charge in [-0.3, -0.25) is 9.59 Å². The lowest BCUT2D eigenvalue weighted by Crippen LogP contribution is -2.46. The maximum absolute atomic E-state index is 13.2. The van der Waals surface area contributed by atoms with Gasteiger partial charge in [-0.05, 0) is 44.9 Å². The topological polar surface area (TPSA) is 95.9 Å². The molecule has 342 valence electrons. The predicted molar refractivity (Wildman–Crippen MR) is 250 cm³/mol. The maximum atomic E-state index is 13.2. The molecule has 0 radical (unpaired) electrons. The van der Waals surface area contributed by atoms with Crippen molar-refractivity contribution in [3.05, 3.63) is 24.3 Å². The highest BCUT2D eigenvalue weighted by Gasteiger charge is 2.24. The van der Waals surface area contributed by atoms with E-state index in [0.717, 1.165) is 57.8 Å². The van der Waals surface area contributed by atoms with Crippen molar-refractivity contribution < 1.29 is 24.5 Å². The largest absolute Gasteiger partial charge is 0.462 e. The Balaban J connectivity index is 4.53. The van der Waals surface area contributed by atoms with Crippen LogP contribution in [0.3, 0.4) is 0 Å². The van der Waals surface area contributed by atoms with Crippen molar-refractivity contribution in [1.29, 1.82) is 0 Å². The molecule has 0 bridgehead atoms. The van der Waals surface area contributed by atoms with Gasteiger partial charge < -0.3 is 20.3 Å². The first-order chi connectivity index (χ1) is 28.5. The van der Waals surface area contributed by atoms with Crippen LogP contribution >= 0.6 is 0 Å². The Morgan fingerprint density at radius 2 is 0.879 bits per heavy atom. The molecular weight excluding hydrogens is 719 g/mol. The Bertz CT molecular complexity index is 919. The smallest absolute Gasteiger partial charge is 0.306 e. The van der Waals surface area contributed by atoms with Crippen LogP contribution in [0.4, 0.5) is 0 Å². The average Bonchev–Trinajstić information content (AvgIpc) is 3.22. The molecule has 0 aliphatic rings. The number of unbranched alkanes of at least 4 members (excludes halogenated alkanes) is 31. The second kappa shape index (κ2) is 46.4. The standard InChI is InChI=1S/C52H99NO5/c1-4-7-10-13-16-19-21-23-25-26-28-30-33-35-38-41-44-50(55)49(47-54)53-51(56)46-48(58-52(57)45-42-39-36-31-18-15-12-9-6-3)43-40-37-34-32-29-27-24-22-20-17-14-11-8-5-2/h27,29,32,34,48-50,54-55H,4-26,28,30-31,33,35-47H2,1-3H3,(H,53,56)/b29-27+,34-32+. The lowest BCUT2D eigenvalue weighted by atomic mass is 10.0. The number of hydrogen-bond donors (Lipinski definition) is 3. The molecule has 6 heteroatoms. The van der Waals surface area contributed by atoms with E-state index in [1.807, 2.05) is 0 Å². The maximum Gasteiger partial charge on any atom is 0.306 e. The Hall–Kier alpha value is -1.66. The minimum absolute atomic E-state index is 0.0494. The molecule has 0 saturated carbocycles. The molecule has 0 rings (SSSR count). The van der Waals surface area contributed by atoms with Crippen LogP contribution in [0.15, 0.2) is 24.3 Å². The van der Waals surface area contributed by atoms with Gasteiger partial charge in [0.1, 0.15) is 6.10 Å². The molecule has 0 saturated heterocycles. The number of ether oxygens (including phenoxy) is 1. The summed E-state index contributed by atoms with van der Waals surface area (Å²) in [6.45, 7) is 6.46. The summed E-state index contributed by atoms with van der Waals surface area (Å²) in [5.74, 6) is -0.512. The number of aliphatic hydroxyl groups excluding tert-OH is 2. The number of hydrogen-bond acceptors (Lipinski definition) is 5. The molecule has 0 aliphatic carbocycles. The Kier molecular flexibility index (Phi) is 45.1. The van der Waals surface area contributed by atoms with E-state index < -0.39 is 18.2 Å². The van der Waals surface area contributed by atoms with Gasteiger partial charge in [-0.2, -0.15) is 0 Å². The van der Waals surface area contributed by atoms with Gasteiger partial charge in [0.05, 0.1) is 25.2 Å². The van der Waals surface area contributed by atoms with Gasteiger partial charge in [0.15, 0.2) is 0 Å². The molecule has 0 aliphatic heterocycles. The predicted octanol–water partition coefficient (Wildman–Crippen LogP) is 15.1. The normalized spacial score (nSPS) is 13.4. The zero-order valence-corrected chi connectivity index (χ0v) is 38.9. The van der Waals surface area contributed by atoms with Crippen LogP contribution in [0.5, 0.6) is 0 Å². The summed E-state index contributed by atoms with van der Waals surface area (Å²) in [5.41, 5.74) is 0. The van der Waals surface area contributed by atoms with E-state index in [0.29, 0.717) is 19.3 Å². The van der Waals surface area contributed by atoms with Crippen LogP contribution < -0.4 is 5.32 Å². The van der Waals surface area contributed by atoms with Crippen molar-refractivity contribution in [3.8, 4) is 0 Å². The first kappa shape index (κ1) is 56.3. The summed E-state index contributed by atoms with van der Waals surface area (Å²) in [6.07, 6.45) is 52.5. The van der Waals surface area contributed by atoms with E-state index in [4.69, 9.17) is 4.74 Å². The number of amides is 1. The van der Waals surface area contributed by atoms with E-state index >= 15 is 0 Å². The third kappa shape index (κ3) is 41.1. The van der Waals surface area contributed by atoms with Crippen LogP contribution in [0.25, 0.3) is 0 Å². The minimum atomic E-state index is -0.794. The fourth-order valence-electron chi connectivity index (χ4n) is 7.90. The van der Waals surface area contributed by atoms with Crippen molar-refractivity contribution in [3.63, 3.8) is 0 Å². The Morgan fingerprint density at radius 3 is 1.31 bits per heavy atom. The van der Waals surface area contributed by atoms with Crippen molar-refractivity contribution >= 4 is 11.9 Å². The lowest BCUT2D eigenvalue weighted by Gasteiger charge is -2.24. The van der Waals surface area contributed by atoms with Crippen LogP contribution in [0.2, 0.25) is 0 Å². The molecule has 0 aromatic heterocycles. The molecule has 0 aromatic rings. The Morgan fingerprint density at radius 1 is 0.500 bits per heavy atom. The summed E-state index contributed by atoms with van der Waals surface area (Å²) >= 11 is 0. The molecule has 3 atom stereocenters. The van der Waals surface area contributed by atoms with Crippen LogP contribution in [-0.2, 0) is 14.3 Å². The van der Waals surface area contributed by atoms with Gasteiger partial charge in [0.25, 0.3) is 0 Å². The van der Waals surface area contributed by atoms with E-state index in [1.54, 1.807) is 0 Å². The molecule has 0 heterocycles. The highest BCUT2D eigenvalue weighted by molar-refractivity contribution is 5.77. The minimum Gasteiger partial charge on any atom is -0.462 e. The van der Waals surface area contributed by atoms with Gasteiger partial charge >= 0.3 is 5.97 Å². The zero-order valence-electron chi connectivity index (χ0n) is 38.9. The second-order valence-electron chi connectivity index (χ2n) is 17.6. The fourth-order valence-corrected chi connectivity index (χ4v) is 7.90. The SMILES string of the molecule is CCCCCCCCC/C=C/C=C/CCCC(CC(=O)NC(CO)C(O)CCCCCCCCCCCCCCCCCC)OC(=O)CCCCCCCCCCC. The Labute approximate surface area is 361 Å². The molecule has 0 aromatic carbocycles. The molecular formula is C52H99NO5. The molecule has 58 heavy (non-hydrogen) atoms. The fraction of sp³-hybridized carbons (Fsp3) is 0.885. The molecule has 1 amide bonds. The van der Waals surface area contributed by atoms with Gasteiger partial charge in [-0.15, -0.1) is 0 Å². The third-order valence-electron chi connectivity index (χ3n) is 11.8. The molecule has 6 nitrogen and oxygen atoms in total. The number of carbonyl (C=O) groups excluding carboxylic acids is 2. The quantitative estimate of drug-likeness (QED) is 0.0323.